The molecule has 0 radical (unpaired) electrons. The van der Waals surface area contributed by atoms with E-state index in [0.29, 0.717) is 5.41 Å². The van der Waals surface area contributed by atoms with Crippen molar-refractivity contribution in [2.24, 2.45) is 17.1 Å². The fraction of sp³-hybridized carbons (Fsp3) is 0.875. The van der Waals surface area contributed by atoms with E-state index in [4.69, 9.17) is 5.73 Å². The van der Waals surface area contributed by atoms with Gasteiger partial charge >= 0.3 is 0 Å². The second kappa shape index (κ2) is 9.57. The number of nitrogens with two attached hydrogens (primary N) is 1. The summed E-state index contributed by atoms with van der Waals surface area (Å²) in [4.78, 5) is 2.44. The fourth-order valence-electron chi connectivity index (χ4n) is 2.44. The summed E-state index contributed by atoms with van der Waals surface area (Å²) < 4.78 is 0. The van der Waals surface area contributed by atoms with E-state index >= 15 is 0 Å². The van der Waals surface area contributed by atoms with E-state index in [1.165, 1.54) is 32.4 Å². The third kappa shape index (κ3) is 8.71. The summed E-state index contributed by atoms with van der Waals surface area (Å²) in [6.07, 6.45) is 8.10. The number of allylic oxidation sites excluding steroid dienone is 1. The highest BCUT2D eigenvalue weighted by Crippen LogP contribution is 2.32. The maximum absolute atomic E-state index is 5.72. The zero-order valence-corrected chi connectivity index (χ0v) is 13.0. The minimum absolute atomic E-state index is 0.390. The molecule has 2 N–H and O–H groups in total. The second-order valence-electron chi connectivity index (χ2n) is 6.52. The molecule has 1 unspecified atom stereocenters. The van der Waals surface area contributed by atoms with Crippen LogP contribution < -0.4 is 5.73 Å². The Labute approximate surface area is 115 Å². The van der Waals surface area contributed by atoms with Crippen LogP contribution in [0, 0.1) is 11.3 Å². The van der Waals surface area contributed by atoms with Crippen molar-refractivity contribution in [1.29, 1.82) is 0 Å². The molecule has 18 heavy (non-hydrogen) atoms. The predicted molar refractivity (Wildman–Crippen MR) is 82.8 cm³/mol. The zero-order valence-electron chi connectivity index (χ0n) is 13.0. The van der Waals surface area contributed by atoms with E-state index in [2.05, 4.69) is 39.3 Å². The van der Waals surface area contributed by atoms with Crippen LogP contribution in [0.4, 0.5) is 0 Å². The molecule has 0 saturated heterocycles. The Hall–Kier alpha value is -0.340. The Morgan fingerprint density at radius 2 is 1.78 bits per heavy atom. The maximum Gasteiger partial charge on any atom is -0.00188 e. The number of rotatable bonds is 10. The van der Waals surface area contributed by atoms with Crippen molar-refractivity contribution in [3.05, 3.63) is 12.7 Å². The van der Waals surface area contributed by atoms with Crippen molar-refractivity contribution in [2.75, 3.05) is 26.7 Å². The van der Waals surface area contributed by atoms with Crippen LogP contribution in [0.3, 0.4) is 0 Å². The van der Waals surface area contributed by atoms with E-state index in [1.54, 1.807) is 0 Å². The van der Waals surface area contributed by atoms with Crippen LogP contribution in [0.2, 0.25) is 0 Å². The van der Waals surface area contributed by atoms with Gasteiger partial charge in [0.05, 0.1) is 0 Å². The summed E-state index contributed by atoms with van der Waals surface area (Å²) in [5.74, 6) is 0.754. The van der Waals surface area contributed by atoms with Gasteiger partial charge in [0, 0.05) is 0 Å². The summed E-state index contributed by atoms with van der Waals surface area (Å²) in [5.41, 5.74) is 6.11. The van der Waals surface area contributed by atoms with E-state index in [-0.39, 0.29) is 0 Å². The standard InChI is InChI=1S/C16H34N2/c1-6-7-8-13-18(5)14-9-10-15(11-12-17)16(2,3)4/h6,15H,1,7-14,17H2,2-5H3. The van der Waals surface area contributed by atoms with Crippen molar-refractivity contribution < 1.29 is 0 Å². The molecule has 0 heterocycles. The number of hydrogen-bond acceptors (Lipinski definition) is 2. The van der Waals surface area contributed by atoms with Crippen LogP contribution in [0.5, 0.6) is 0 Å². The maximum atomic E-state index is 5.72. The van der Waals surface area contributed by atoms with Gasteiger partial charge in [0.2, 0.25) is 0 Å². The molecule has 0 aliphatic rings. The molecule has 2 heteroatoms. The SMILES string of the molecule is C=CCCCN(C)CCCC(CCN)C(C)(C)C. The van der Waals surface area contributed by atoms with Crippen LogP contribution in [-0.4, -0.2) is 31.6 Å². The minimum Gasteiger partial charge on any atom is -0.330 e. The van der Waals surface area contributed by atoms with Gasteiger partial charge in [-0.3, -0.25) is 0 Å². The first kappa shape index (κ1) is 17.7. The molecular formula is C16H34N2. The molecule has 0 aromatic carbocycles. The van der Waals surface area contributed by atoms with Crippen molar-refractivity contribution >= 4 is 0 Å². The third-order valence-corrected chi connectivity index (χ3v) is 3.78. The molecule has 2 nitrogen and oxygen atoms in total. The van der Waals surface area contributed by atoms with Gasteiger partial charge in [-0.2, -0.15) is 0 Å². The van der Waals surface area contributed by atoms with Gasteiger partial charge in [-0.25, -0.2) is 0 Å². The Morgan fingerprint density at radius 3 is 2.28 bits per heavy atom. The third-order valence-electron chi connectivity index (χ3n) is 3.78. The Kier molecular flexibility index (Phi) is 9.39. The highest BCUT2D eigenvalue weighted by molar-refractivity contribution is 4.75. The fourth-order valence-corrected chi connectivity index (χ4v) is 2.44. The van der Waals surface area contributed by atoms with Crippen LogP contribution in [-0.2, 0) is 0 Å². The smallest absolute Gasteiger partial charge is 0.00188 e. The quantitative estimate of drug-likeness (QED) is 0.476. The normalized spacial score (nSPS) is 13.9. The summed E-state index contributed by atoms with van der Waals surface area (Å²) in [5, 5.41) is 0. The molecule has 0 aromatic heterocycles. The van der Waals surface area contributed by atoms with Crippen LogP contribution in [0.15, 0.2) is 12.7 Å². The molecule has 0 fully saturated rings. The summed E-state index contributed by atoms with van der Waals surface area (Å²) >= 11 is 0. The largest absolute Gasteiger partial charge is 0.330 e. The van der Waals surface area contributed by atoms with Gasteiger partial charge in [-0.05, 0) is 70.1 Å². The first-order valence-corrected chi connectivity index (χ1v) is 7.41. The summed E-state index contributed by atoms with van der Waals surface area (Å²) in [7, 11) is 2.22. The zero-order chi connectivity index (χ0) is 14.0. The van der Waals surface area contributed by atoms with E-state index in [0.717, 1.165) is 25.3 Å². The lowest BCUT2D eigenvalue weighted by Crippen LogP contribution is -2.26. The molecule has 0 rings (SSSR count). The van der Waals surface area contributed by atoms with Gasteiger partial charge in [0.25, 0.3) is 0 Å². The topological polar surface area (TPSA) is 29.3 Å². The van der Waals surface area contributed by atoms with Gasteiger partial charge < -0.3 is 10.6 Å². The first-order chi connectivity index (χ1) is 8.41. The first-order valence-electron chi connectivity index (χ1n) is 7.41. The number of unbranched alkanes of at least 4 members (excludes halogenated alkanes) is 1. The highest BCUT2D eigenvalue weighted by Gasteiger charge is 2.23. The lowest BCUT2D eigenvalue weighted by Gasteiger charge is -2.31. The van der Waals surface area contributed by atoms with E-state index in [9.17, 15) is 0 Å². The average molecular weight is 254 g/mol. The molecule has 108 valence electrons. The van der Waals surface area contributed by atoms with E-state index in [1.807, 2.05) is 6.08 Å². The average Bonchev–Trinajstić information content (AvgIpc) is 2.27. The Bertz CT molecular complexity index is 206. The van der Waals surface area contributed by atoms with E-state index < -0.39 is 0 Å². The number of nitrogens with zero attached hydrogens (tertiary/aromatic N) is 1. The monoisotopic (exact) mass is 254 g/mol. The lowest BCUT2D eigenvalue weighted by atomic mass is 9.76. The van der Waals surface area contributed by atoms with Crippen LogP contribution >= 0.6 is 0 Å². The van der Waals surface area contributed by atoms with Gasteiger partial charge in [0.15, 0.2) is 0 Å². The van der Waals surface area contributed by atoms with Crippen molar-refractivity contribution in [2.45, 2.75) is 52.9 Å². The Balaban J connectivity index is 3.81. The van der Waals surface area contributed by atoms with Gasteiger partial charge in [0.1, 0.15) is 0 Å². The molecule has 1 atom stereocenters. The highest BCUT2D eigenvalue weighted by atomic mass is 15.1. The molecule has 0 bridgehead atoms. The van der Waals surface area contributed by atoms with Crippen LogP contribution in [0.1, 0.15) is 52.9 Å². The summed E-state index contributed by atoms with van der Waals surface area (Å²) in [6.45, 7) is 14.0. The van der Waals surface area contributed by atoms with Gasteiger partial charge in [-0.1, -0.05) is 26.8 Å². The van der Waals surface area contributed by atoms with Gasteiger partial charge in [-0.15, -0.1) is 6.58 Å². The number of hydrogen-bond donors (Lipinski definition) is 1. The minimum atomic E-state index is 0.390. The molecule has 0 aliphatic carbocycles. The Morgan fingerprint density at radius 1 is 1.17 bits per heavy atom. The van der Waals surface area contributed by atoms with Crippen molar-refractivity contribution in [3.8, 4) is 0 Å². The summed E-state index contributed by atoms with van der Waals surface area (Å²) in [6, 6.07) is 0. The lowest BCUT2D eigenvalue weighted by molar-refractivity contribution is 0.200. The predicted octanol–water partition coefficient (Wildman–Crippen LogP) is 3.68. The molecule has 0 saturated carbocycles. The molecule has 0 spiro atoms. The molecule has 0 aliphatic heterocycles. The molecule has 0 aromatic rings. The second-order valence-corrected chi connectivity index (χ2v) is 6.52. The molecule has 0 amide bonds. The van der Waals surface area contributed by atoms with Crippen molar-refractivity contribution in [1.82, 2.24) is 4.90 Å². The van der Waals surface area contributed by atoms with Crippen LogP contribution in [0.25, 0.3) is 0 Å². The molecular weight excluding hydrogens is 220 g/mol. The van der Waals surface area contributed by atoms with Crippen molar-refractivity contribution in [3.63, 3.8) is 0 Å².